The third-order valence-corrected chi connectivity index (χ3v) is 2.75. The van der Waals surface area contributed by atoms with E-state index in [1.807, 2.05) is 0 Å². The van der Waals surface area contributed by atoms with Gasteiger partial charge in [0, 0.05) is 18.4 Å². The molecule has 1 aliphatic carbocycles. The van der Waals surface area contributed by atoms with E-state index in [9.17, 15) is 0 Å². The predicted molar refractivity (Wildman–Crippen MR) is 46.9 cm³/mol. The highest BCUT2D eigenvalue weighted by Gasteiger charge is 2.38. The Morgan fingerprint density at radius 1 is 1.31 bits per heavy atom. The number of hydrazine groups is 1. The molecule has 5 heteroatoms. The number of fused-ring (bicyclic) bond motifs is 3. The van der Waals surface area contributed by atoms with Crippen LogP contribution in [0.5, 0.6) is 0 Å². The zero-order valence-electron chi connectivity index (χ0n) is 7.09. The Morgan fingerprint density at radius 3 is 3.23 bits per heavy atom. The first kappa shape index (κ1) is 7.08. The first-order valence-corrected chi connectivity index (χ1v) is 4.49. The van der Waals surface area contributed by atoms with Gasteiger partial charge in [-0.25, -0.2) is 5.43 Å². The molecule has 0 aromatic heterocycles. The van der Waals surface area contributed by atoms with Gasteiger partial charge in [0.15, 0.2) is 6.17 Å². The maximum atomic E-state index is 3.93. The third kappa shape index (κ3) is 0.968. The molecule has 0 aromatic carbocycles. The van der Waals surface area contributed by atoms with Gasteiger partial charge in [0.1, 0.15) is 0 Å². The van der Waals surface area contributed by atoms with Crippen molar-refractivity contribution in [2.45, 2.75) is 6.17 Å². The lowest BCUT2D eigenvalue weighted by atomic mass is 9.85. The van der Waals surface area contributed by atoms with E-state index >= 15 is 0 Å². The summed E-state index contributed by atoms with van der Waals surface area (Å²) in [6, 6.07) is 0. The standard InChI is InChI=1S/C8H11N5/c1-2-4-7-6(3-1)5-9-13-8(7)10-11-12-13/h1-4,6-9H,5H2,(H,10,12). The topological polar surface area (TPSA) is 52.0 Å². The van der Waals surface area contributed by atoms with Crippen LogP contribution in [0.25, 0.3) is 0 Å². The average molecular weight is 177 g/mol. The molecule has 68 valence electrons. The fourth-order valence-electron chi connectivity index (χ4n) is 2.04. The van der Waals surface area contributed by atoms with Crippen molar-refractivity contribution in [3.63, 3.8) is 0 Å². The second kappa shape index (κ2) is 2.56. The summed E-state index contributed by atoms with van der Waals surface area (Å²) < 4.78 is 0. The molecule has 1 saturated heterocycles. The van der Waals surface area contributed by atoms with E-state index in [1.54, 1.807) is 5.12 Å². The average Bonchev–Trinajstić information content (AvgIpc) is 2.65. The molecule has 2 heterocycles. The third-order valence-electron chi connectivity index (χ3n) is 2.75. The van der Waals surface area contributed by atoms with E-state index < -0.39 is 0 Å². The van der Waals surface area contributed by atoms with Crippen LogP contribution in [0.15, 0.2) is 34.8 Å². The first-order valence-electron chi connectivity index (χ1n) is 4.49. The monoisotopic (exact) mass is 177 g/mol. The number of rotatable bonds is 0. The van der Waals surface area contributed by atoms with Gasteiger partial charge in [-0.2, -0.15) is 5.12 Å². The quantitative estimate of drug-likeness (QED) is 0.562. The molecule has 1 fully saturated rings. The van der Waals surface area contributed by atoms with Crippen molar-refractivity contribution in [3.05, 3.63) is 24.3 Å². The van der Waals surface area contributed by atoms with Crippen LogP contribution < -0.4 is 10.9 Å². The molecule has 3 atom stereocenters. The van der Waals surface area contributed by atoms with Gasteiger partial charge in [-0.15, -0.1) is 0 Å². The SMILES string of the molecule is C1=CC2CNN3N=NNC3C2C=C1. The van der Waals surface area contributed by atoms with E-state index in [0.29, 0.717) is 11.8 Å². The highest BCUT2D eigenvalue weighted by atomic mass is 15.9. The number of nitrogens with zero attached hydrogens (tertiary/aromatic N) is 3. The van der Waals surface area contributed by atoms with E-state index in [0.717, 1.165) is 6.54 Å². The minimum Gasteiger partial charge on any atom is -0.264 e. The van der Waals surface area contributed by atoms with E-state index in [1.165, 1.54) is 0 Å². The van der Waals surface area contributed by atoms with Gasteiger partial charge in [0.25, 0.3) is 0 Å². The van der Waals surface area contributed by atoms with Crippen LogP contribution in [0.4, 0.5) is 0 Å². The van der Waals surface area contributed by atoms with E-state index in [4.69, 9.17) is 0 Å². The van der Waals surface area contributed by atoms with Gasteiger partial charge < -0.3 is 0 Å². The number of allylic oxidation sites excluding steroid dienone is 2. The Hall–Kier alpha value is -1.36. The Morgan fingerprint density at radius 2 is 2.23 bits per heavy atom. The van der Waals surface area contributed by atoms with Crippen molar-refractivity contribution in [1.82, 2.24) is 16.0 Å². The Kier molecular flexibility index (Phi) is 1.40. The summed E-state index contributed by atoms with van der Waals surface area (Å²) in [4.78, 5) is 0. The largest absolute Gasteiger partial charge is 0.264 e. The fourth-order valence-corrected chi connectivity index (χ4v) is 2.04. The van der Waals surface area contributed by atoms with Gasteiger partial charge in [0.2, 0.25) is 0 Å². The lowest BCUT2D eigenvalue weighted by Gasteiger charge is -2.38. The smallest absolute Gasteiger partial charge is 0.158 e. The fraction of sp³-hybridized carbons (Fsp3) is 0.500. The van der Waals surface area contributed by atoms with Crippen molar-refractivity contribution in [3.8, 4) is 0 Å². The summed E-state index contributed by atoms with van der Waals surface area (Å²) in [6.45, 7) is 0.933. The van der Waals surface area contributed by atoms with Gasteiger partial charge in [-0.3, -0.25) is 5.43 Å². The van der Waals surface area contributed by atoms with Gasteiger partial charge in [0.05, 0.1) is 0 Å². The molecule has 13 heavy (non-hydrogen) atoms. The van der Waals surface area contributed by atoms with Crippen molar-refractivity contribution in [2.24, 2.45) is 22.3 Å². The normalized spacial score (nSPS) is 40.0. The summed E-state index contributed by atoms with van der Waals surface area (Å²) in [5.74, 6) is 1.03. The minimum absolute atomic E-state index is 0.181. The molecule has 5 nitrogen and oxygen atoms in total. The van der Waals surface area contributed by atoms with Gasteiger partial charge in [-0.1, -0.05) is 29.5 Å². The van der Waals surface area contributed by atoms with Crippen LogP contribution in [0.1, 0.15) is 0 Å². The molecule has 3 unspecified atom stereocenters. The maximum absolute atomic E-state index is 3.93. The highest BCUT2D eigenvalue weighted by Crippen LogP contribution is 2.29. The van der Waals surface area contributed by atoms with Crippen LogP contribution in [0.3, 0.4) is 0 Å². The van der Waals surface area contributed by atoms with Crippen LogP contribution in [-0.4, -0.2) is 17.8 Å². The zero-order valence-corrected chi connectivity index (χ0v) is 7.09. The molecule has 2 aliphatic heterocycles. The van der Waals surface area contributed by atoms with Crippen LogP contribution in [0, 0.1) is 11.8 Å². The molecule has 0 saturated carbocycles. The van der Waals surface area contributed by atoms with Crippen molar-refractivity contribution < 1.29 is 0 Å². The Labute approximate surface area is 76.1 Å². The molecule has 0 radical (unpaired) electrons. The predicted octanol–water partition coefficient (Wildman–Crippen LogP) is 0.376. The van der Waals surface area contributed by atoms with Crippen molar-refractivity contribution in [1.29, 1.82) is 0 Å². The van der Waals surface area contributed by atoms with Crippen molar-refractivity contribution in [2.75, 3.05) is 6.54 Å². The minimum atomic E-state index is 0.181. The van der Waals surface area contributed by atoms with Crippen LogP contribution in [-0.2, 0) is 0 Å². The zero-order chi connectivity index (χ0) is 8.67. The molecule has 3 aliphatic rings. The van der Waals surface area contributed by atoms with Crippen LogP contribution >= 0.6 is 0 Å². The van der Waals surface area contributed by atoms with E-state index in [-0.39, 0.29) is 6.17 Å². The molecule has 0 spiro atoms. The second-order valence-corrected chi connectivity index (χ2v) is 3.48. The number of hydrogen-bond donors (Lipinski definition) is 2. The summed E-state index contributed by atoms with van der Waals surface area (Å²) >= 11 is 0. The Balaban J connectivity index is 1.88. The first-order chi connectivity index (χ1) is 6.45. The summed E-state index contributed by atoms with van der Waals surface area (Å²) in [5.41, 5.74) is 6.20. The van der Waals surface area contributed by atoms with Gasteiger partial charge >= 0.3 is 0 Å². The molecular weight excluding hydrogens is 166 g/mol. The Bertz CT molecular complexity index is 295. The van der Waals surface area contributed by atoms with Crippen LogP contribution in [0.2, 0.25) is 0 Å². The molecule has 0 aromatic rings. The summed E-state index contributed by atoms with van der Waals surface area (Å²) in [7, 11) is 0. The molecule has 0 bridgehead atoms. The highest BCUT2D eigenvalue weighted by molar-refractivity contribution is 5.17. The lowest BCUT2D eigenvalue weighted by molar-refractivity contribution is 0.0452. The lowest BCUT2D eigenvalue weighted by Crippen LogP contribution is -2.56. The summed E-state index contributed by atoms with van der Waals surface area (Å²) in [6.07, 6.45) is 8.81. The number of nitrogens with one attached hydrogen (secondary N) is 2. The molecule has 0 amide bonds. The van der Waals surface area contributed by atoms with Gasteiger partial charge in [-0.05, 0) is 5.22 Å². The molecule has 3 rings (SSSR count). The molecule has 2 N–H and O–H groups in total. The molecular formula is C8H11N5. The summed E-state index contributed by atoms with van der Waals surface area (Å²) in [5, 5.41) is 9.52. The maximum Gasteiger partial charge on any atom is 0.158 e. The van der Waals surface area contributed by atoms with E-state index in [2.05, 4.69) is 45.6 Å². The van der Waals surface area contributed by atoms with Crippen molar-refractivity contribution >= 4 is 0 Å². The number of hydrogen-bond acceptors (Lipinski definition) is 5. The second-order valence-electron chi connectivity index (χ2n) is 3.48.